The van der Waals surface area contributed by atoms with Crippen LogP contribution in [-0.4, -0.2) is 28.8 Å². The number of carbonyl (C=O) groups excluding carboxylic acids is 1. The molecule has 0 unspecified atom stereocenters. The number of aryl methyl sites for hydroxylation is 1. The first-order chi connectivity index (χ1) is 17.9. The van der Waals surface area contributed by atoms with Gasteiger partial charge in [0, 0.05) is 12.6 Å². The maximum atomic E-state index is 12.0. The van der Waals surface area contributed by atoms with Crippen molar-refractivity contribution in [3.05, 3.63) is 83.2 Å². The van der Waals surface area contributed by atoms with E-state index in [0.29, 0.717) is 31.5 Å². The molecule has 4 aromatic rings. The Morgan fingerprint density at radius 1 is 0.974 bits per heavy atom. The lowest BCUT2D eigenvalue weighted by atomic mass is 10.2. The monoisotopic (exact) mass is 530 g/mol. The van der Waals surface area contributed by atoms with Gasteiger partial charge in [-0.2, -0.15) is 0 Å². The molecule has 0 saturated heterocycles. The summed E-state index contributed by atoms with van der Waals surface area (Å²) >= 11 is 0. The number of ether oxygens (including phenoxy) is 1. The molecule has 4 rings (SSSR count). The van der Waals surface area contributed by atoms with E-state index in [-0.39, 0.29) is 10.9 Å². The van der Waals surface area contributed by atoms with E-state index in [1.807, 2.05) is 66.1 Å². The third kappa shape index (κ3) is 6.49. The van der Waals surface area contributed by atoms with Crippen LogP contribution in [0, 0.1) is 6.92 Å². The molecule has 200 valence electrons. The number of amides is 1. The molecule has 0 atom stereocenters. The van der Waals surface area contributed by atoms with Gasteiger partial charge in [-0.15, -0.1) is 0 Å². The Kier molecular flexibility index (Phi) is 8.04. The minimum Gasteiger partial charge on any atom is -0.487 e. The minimum absolute atomic E-state index is 0.129. The van der Waals surface area contributed by atoms with Crippen molar-refractivity contribution in [3.63, 3.8) is 0 Å². The largest absolute Gasteiger partial charge is 0.487 e. The fourth-order valence-corrected chi connectivity index (χ4v) is 4.84. The lowest BCUT2D eigenvalue weighted by molar-refractivity contribution is -0.114. The first-order valence-corrected chi connectivity index (χ1v) is 15.9. The van der Waals surface area contributed by atoms with Crippen molar-refractivity contribution in [2.24, 2.45) is 0 Å². The van der Waals surface area contributed by atoms with Crippen molar-refractivity contribution in [1.29, 1.82) is 0 Å². The number of fused-ring (bicyclic) bond motifs is 1. The summed E-state index contributed by atoms with van der Waals surface area (Å²) in [5.74, 6) is 1.00. The van der Waals surface area contributed by atoms with Gasteiger partial charge in [-0.3, -0.25) is 15.1 Å². The maximum absolute atomic E-state index is 12.0. The number of hydrogen-bond acceptors (Lipinski definition) is 5. The molecule has 0 bridgehead atoms. The zero-order valence-electron chi connectivity index (χ0n) is 23.5. The van der Waals surface area contributed by atoms with Crippen LogP contribution in [0.5, 0.6) is 5.75 Å². The predicted octanol–water partition coefficient (Wildman–Crippen LogP) is 6.85. The average Bonchev–Trinajstić information content (AvgIpc) is 3.17. The lowest BCUT2D eigenvalue weighted by Gasteiger charge is -2.36. The Hall–Kier alpha value is -3.49. The molecule has 0 spiro atoms. The van der Waals surface area contributed by atoms with Crippen molar-refractivity contribution in [3.8, 4) is 5.75 Å². The van der Waals surface area contributed by atoms with Crippen LogP contribution < -0.4 is 10.1 Å². The van der Waals surface area contributed by atoms with Gasteiger partial charge in [-0.05, 0) is 60.4 Å². The summed E-state index contributed by atoms with van der Waals surface area (Å²) in [6, 6.07) is 20.1. The van der Waals surface area contributed by atoms with Crippen LogP contribution >= 0.6 is 0 Å². The van der Waals surface area contributed by atoms with Gasteiger partial charge >= 0.3 is 0 Å². The molecule has 1 N–H and O–H groups in total. The van der Waals surface area contributed by atoms with Crippen LogP contribution in [0.15, 0.2) is 60.7 Å². The van der Waals surface area contributed by atoms with Gasteiger partial charge in [0.15, 0.2) is 8.32 Å². The third-order valence-electron chi connectivity index (χ3n) is 7.12. The first kappa shape index (κ1) is 27.5. The van der Waals surface area contributed by atoms with Crippen molar-refractivity contribution in [2.45, 2.75) is 72.5 Å². The number of carbonyl (C=O) groups is 1. The van der Waals surface area contributed by atoms with Crippen LogP contribution in [0.1, 0.15) is 50.2 Å². The Bertz CT molecular complexity index is 1420. The molecule has 2 aromatic carbocycles. The summed E-state index contributed by atoms with van der Waals surface area (Å²) in [4.78, 5) is 21.5. The summed E-state index contributed by atoms with van der Waals surface area (Å²) in [5, 5.41) is 3.02. The van der Waals surface area contributed by atoms with Gasteiger partial charge in [0.25, 0.3) is 0 Å². The van der Waals surface area contributed by atoms with E-state index in [9.17, 15) is 4.79 Å². The first-order valence-electron chi connectivity index (χ1n) is 13.0. The van der Waals surface area contributed by atoms with Crippen LogP contribution in [0.2, 0.25) is 18.1 Å². The van der Waals surface area contributed by atoms with Gasteiger partial charge in [0.1, 0.15) is 18.1 Å². The molecule has 38 heavy (non-hydrogen) atoms. The topological polar surface area (TPSA) is 78.3 Å². The summed E-state index contributed by atoms with van der Waals surface area (Å²) < 4.78 is 14.7. The number of imidazole rings is 1. The van der Waals surface area contributed by atoms with Crippen LogP contribution in [0.4, 0.5) is 5.95 Å². The second-order valence-corrected chi connectivity index (χ2v) is 16.1. The van der Waals surface area contributed by atoms with Crippen molar-refractivity contribution in [1.82, 2.24) is 14.5 Å². The van der Waals surface area contributed by atoms with Gasteiger partial charge in [-0.25, -0.2) is 4.98 Å². The highest BCUT2D eigenvalue weighted by molar-refractivity contribution is 6.74. The molecule has 2 aromatic heterocycles. The zero-order chi connectivity index (χ0) is 27.5. The Morgan fingerprint density at radius 2 is 1.71 bits per heavy atom. The van der Waals surface area contributed by atoms with Gasteiger partial charge in [-0.1, -0.05) is 57.2 Å². The number of pyridine rings is 1. The lowest BCUT2D eigenvalue weighted by Crippen LogP contribution is -2.40. The highest BCUT2D eigenvalue weighted by Crippen LogP contribution is 2.37. The minimum atomic E-state index is -1.90. The van der Waals surface area contributed by atoms with E-state index in [4.69, 9.17) is 19.1 Å². The second-order valence-electron chi connectivity index (χ2n) is 11.2. The molecule has 2 heterocycles. The standard InChI is InChI=1S/C30H38N4O3Si/c1-21-13-16-28(36-19-23-11-9-8-10-12-23)26(31-21)18-34-27-17-24(20-37-38(6,7)30(3,4)5)14-15-25(27)33-29(34)32-22(2)35/h8-17H,18-20H2,1-7H3,(H,32,33,35). The van der Waals surface area contributed by atoms with Crippen LogP contribution in [0.25, 0.3) is 11.0 Å². The molecule has 8 heteroatoms. The summed E-state index contributed by atoms with van der Waals surface area (Å²) in [6.07, 6.45) is 0. The molecule has 1 amide bonds. The molecule has 0 aliphatic carbocycles. The fraction of sp³-hybridized carbons (Fsp3) is 0.367. The van der Waals surface area contributed by atoms with Crippen molar-refractivity contribution in [2.75, 3.05) is 5.32 Å². The Balaban J connectivity index is 1.68. The zero-order valence-corrected chi connectivity index (χ0v) is 24.5. The fourth-order valence-electron chi connectivity index (χ4n) is 3.88. The van der Waals surface area contributed by atoms with E-state index >= 15 is 0 Å². The number of nitrogens with one attached hydrogen (secondary N) is 1. The molecule has 0 aliphatic rings. The molecule has 0 radical (unpaired) electrons. The number of rotatable bonds is 9. The van der Waals surface area contributed by atoms with Crippen molar-refractivity contribution >= 4 is 31.2 Å². The Labute approximate surface area is 226 Å². The van der Waals surface area contributed by atoms with Gasteiger partial charge in [0.05, 0.1) is 24.2 Å². The average molecular weight is 531 g/mol. The number of anilines is 1. The van der Waals surface area contributed by atoms with Gasteiger partial charge in [0.2, 0.25) is 11.9 Å². The number of aromatic nitrogens is 3. The highest BCUT2D eigenvalue weighted by Gasteiger charge is 2.37. The quantitative estimate of drug-likeness (QED) is 0.240. The molecular formula is C30H38N4O3Si. The normalized spacial score (nSPS) is 12.1. The summed E-state index contributed by atoms with van der Waals surface area (Å²) in [7, 11) is -1.90. The predicted molar refractivity (Wildman–Crippen MR) is 155 cm³/mol. The van der Waals surface area contributed by atoms with Crippen molar-refractivity contribution < 1.29 is 14.0 Å². The molecule has 0 saturated carbocycles. The number of hydrogen-bond donors (Lipinski definition) is 1. The van der Waals surface area contributed by atoms with Crippen LogP contribution in [0.3, 0.4) is 0 Å². The molecule has 0 aliphatic heterocycles. The molecular weight excluding hydrogens is 492 g/mol. The van der Waals surface area contributed by atoms with E-state index in [1.54, 1.807) is 0 Å². The summed E-state index contributed by atoms with van der Waals surface area (Å²) in [6.45, 7) is 16.0. The van der Waals surface area contributed by atoms with E-state index < -0.39 is 8.32 Å². The summed E-state index contributed by atoms with van der Waals surface area (Å²) in [5.41, 5.74) is 5.51. The SMILES string of the molecule is CC(=O)Nc1nc2ccc(CO[Si](C)(C)C(C)(C)C)cc2n1Cc1nc(C)ccc1OCc1ccccc1. The third-order valence-corrected chi connectivity index (χ3v) is 11.6. The maximum Gasteiger partial charge on any atom is 0.223 e. The number of benzene rings is 2. The smallest absolute Gasteiger partial charge is 0.223 e. The van der Waals surface area contributed by atoms with E-state index in [0.717, 1.165) is 33.5 Å². The highest BCUT2D eigenvalue weighted by atomic mass is 28.4. The second kappa shape index (κ2) is 11.1. The molecule has 7 nitrogen and oxygen atoms in total. The Morgan fingerprint density at radius 3 is 2.39 bits per heavy atom. The number of nitrogens with zero attached hydrogens (tertiary/aromatic N) is 3. The van der Waals surface area contributed by atoms with E-state index in [1.165, 1.54) is 6.92 Å². The van der Waals surface area contributed by atoms with E-state index in [2.05, 4.69) is 45.2 Å². The van der Waals surface area contributed by atoms with Crippen LogP contribution in [-0.2, 0) is 29.0 Å². The van der Waals surface area contributed by atoms with Gasteiger partial charge < -0.3 is 13.7 Å². The molecule has 0 fully saturated rings.